The first-order chi connectivity index (χ1) is 6.10. The molecule has 0 spiro atoms. The predicted molar refractivity (Wildman–Crippen MR) is 63.3 cm³/mol. The van der Waals surface area contributed by atoms with Gasteiger partial charge in [0.15, 0.2) is 0 Å². The summed E-state index contributed by atoms with van der Waals surface area (Å²) in [5.74, 6) is 0. The molecule has 0 aliphatic carbocycles. The number of hydrogen-bond acceptors (Lipinski definition) is 2. The normalized spacial score (nSPS) is 13.3. The van der Waals surface area contributed by atoms with Crippen molar-refractivity contribution in [3.63, 3.8) is 0 Å². The molecule has 0 radical (unpaired) electrons. The van der Waals surface area contributed by atoms with Crippen LogP contribution < -0.4 is 5.32 Å². The number of hydrogen-bond donors (Lipinski definition) is 1. The van der Waals surface area contributed by atoms with E-state index in [-0.39, 0.29) is 0 Å². The van der Waals surface area contributed by atoms with E-state index in [1.165, 1.54) is 0 Å². The molecule has 0 saturated carbocycles. The van der Waals surface area contributed by atoms with E-state index in [0.29, 0.717) is 6.04 Å². The lowest BCUT2D eigenvalue weighted by Crippen LogP contribution is -2.39. The minimum absolute atomic E-state index is 0.522. The van der Waals surface area contributed by atoms with Crippen LogP contribution in [0.5, 0.6) is 0 Å². The zero-order valence-electron chi connectivity index (χ0n) is 8.94. The van der Waals surface area contributed by atoms with Crippen LogP contribution in [0.3, 0.4) is 0 Å². The Morgan fingerprint density at radius 3 is 2.38 bits per heavy atom. The van der Waals surface area contributed by atoms with Crippen molar-refractivity contribution in [3.05, 3.63) is 11.1 Å². The molecule has 0 rings (SSSR count). The SMILES string of the molecule is C=C(Br)CNC(C)CN(CC)CC. The summed E-state index contributed by atoms with van der Waals surface area (Å²) < 4.78 is 1.01. The summed E-state index contributed by atoms with van der Waals surface area (Å²) in [6, 6.07) is 0.522. The van der Waals surface area contributed by atoms with Gasteiger partial charge in [0.2, 0.25) is 0 Å². The van der Waals surface area contributed by atoms with Crippen LogP contribution in [0.25, 0.3) is 0 Å². The van der Waals surface area contributed by atoms with Crippen molar-refractivity contribution in [1.29, 1.82) is 0 Å². The second-order valence-corrected chi connectivity index (χ2v) is 4.41. The van der Waals surface area contributed by atoms with Gasteiger partial charge in [-0.3, -0.25) is 0 Å². The standard InChI is InChI=1S/C10H21BrN2/c1-5-13(6-2)8-10(4)12-7-9(3)11/h10,12H,3,5-8H2,1-2,4H3. The third kappa shape index (κ3) is 7.23. The number of nitrogens with one attached hydrogen (secondary N) is 1. The van der Waals surface area contributed by atoms with Gasteiger partial charge in [-0.15, -0.1) is 0 Å². The molecule has 0 aliphatic rings. The molecule has 1 atom stereocenters. The average Bonchev–Trinajstić information content (AvgIpc) is 2.10. The molecule has 0 saturated heterocycles. The van der Waals surface area contributed by atoms with Crippen molar-refractivity contribution >= 4 is 15.9 Å². The molecule has 78 valence electrons. The molecule has 0 amide bonds. The molecule has 0 aromatic heterocycles. The van der Waals surface area contributed by atoms with Crippen molar-refractivity contribution in [2.75, 3.05) is 26.2 Å². The Morgan fingerprint density at radius 2 is 2.00 bits per heavy atom. The average molecular weight is 249 g/mol. The first kappa shape index (κ1) is 13.1. The number of nitrogens with zero attached hydrogens (tertiary/aromatic N) is 1. The fourth-order valence-corrected chi connectivity index (χ4v) is 1.38. The number of likely N-dealkylation sites (N-methyl/N-ethyl adjacent to an activating group) is 1. The smallest absolute Gasteiger partial charge is 0.0268 e. The molecule has 1 N–H and O–H groups in total. The van der Waals surface area contributed by atoms with Gasteiger partial charge in [0, 0.05) is 23.6 Å². The molecule has 0 aromatic rings. The van der Waals surface area contributed by atoms with Crippen molar-refractivity contribution in [2.45, 2.75) is 26.8 Å². The minimum atomic E-state index is 0.522. The minimum Gasteiger partial charge on any atom is -0.308 e. The molecule has 13 heavy (non-hydrogen) atoms. The highest BCUT2D eigenvalue weighted by Gasteiger charge is 2.05. The molecule has 1 unspecified atom stereocenters. The molecular weight excluding hydrogens is 228 g/mol. The molecule has 2 nitrogen and oxygen atoms in total. The number of halogens is 1. The van der Waals surface area contributed by atoms with E-state index < -0.39 is 0 Å². The van der Waals surface area contributed by atoms with Crippen molar-refractivity contribution in [2.24, 2.45) is 0 Å². The zero-order valence-corrected chi connectivity index (χ0v) is 10.5. The molecule has 0 heterocycles. The fraction of sp³-hybridized carbons (Fsp3) is 0.800. The molecule has 0 bridgehead atoms. The Balaban J connectivity index is 3.59. The molecule has 0 aliphatic heterocycles. The van der Waals surface area contributed by atoms with Gasteiger partial charge >= 0.3 is 0 Å². The van der Waals surface area contributed by atoms with Crippen LogP contribution in [-0.4, -0.2) is 37.1 Å². The predicted octanol–water partition coefficient (Wildman–Crippen LogP) is 2.21. The van der Waals surface area contributed by atoms with E-state index in [4.69, 9.17) is 0 Å². The van der Waals surface area contributed by atoms with E-state index in [0.717, 1.165) is 30.7 Å². The van der Waals surface area contributed by atoms with Crippen LogP contribution in [-0.2, 0) is 0 Å². The third-order valence-electron chi connectivity index (χ3n) is 2.07. The lowest BCUT2D eigenvalue weighted by Gasteiger charge is -2.23. The Morgan fingerprint density at radius 1 is 1.46 bits per heavy atom. The summed E-state index contributed by atoms with van der Waals surface area (Å²) in [6.45, 7) is 14.6. The third-order valence-corrected chi connectivity index (χ3v) is 2.35. The second-order valence-electron chi connectivity index (χ2n) is 3.29. The van der Waals surface area contributed by atoms with Gasteiger partial charge in [0.05, 0.1) is 0 Å². The largest absolute Gasteiger partial charge is 0.308 e. The van der Waals surface area contributed by atoms with E-state index >= 15 is 0 Å². The Labute approximate surface area is 90.5 Å². The van der Waals surface area contributed by atoms with Gasteiger partial charge in [-0.2, -0.15) is 0 Å². The highest BCUT2D eigenvalue weighted by Crippen LogP contribution is 1.98. The van der Waals surface area contributed by atoms with Crippen molar-refractivity contribution in [1.82, 2.24) is 10.2 Å². The van der Waals surface area contributed by atoms with Crippen molar-refractivity contribution in [3.8, 4) is 0 Å². The molecular formula is C10H21BrN2. The van der Waals surface area contributed by atoms with Crippen LogP contribution in [0.15, 0.2) is 11.1 Å². The van der Waals surface area contributed by atoms with Gasteiger partial charge in [-0.1, -0.05) is 36.4 Å². The fourth-order valence-electron chi connectivity index (χ4n) is 1.22. The van der Waals surface area contributed by atoms with Gasteiger partial charge in [-0.25, -0.2) is 0 Å². The van der Waals surface area contributed by atoms with Crippen LogP contribution in [0.4, 0.5) is 0 Å². The second kappa shape index (κ2) is 7.54. The highest BCUT2D eigenvalue weighted by molar-refractivity contribution is 9.11. The van der Waals surface area contributed by atoms with Gasteiger partial charge < -0.3 is 10.2 Å². The quantitative estimate of drug-likeness (QED) is 0.744. The Kier molecular flexibility index (Phi) is 7.62. The first-order valence-corrected chi connectivity index (χ1v) is 5.68. The number of rotatable bonds is 7. The van der Waals surface area contributed by atoms with Crippen LogP contribution in [0.1, 0.15) is 20.8 Å². The van der Waals surface area contributed by atoms with E-state index in [1.54, 1.807) is 0 Å². The Hall–Kier alpha value is 0.140. The summed E-state index contributed by atoms with van der Waals surface area (Å²) >= 11 is 3.33. The van der Waals surface area contributed by atoms with Gasteiger partial charge in [-0.05, 0) is 20.0 Å². The summed E-state index contributed by atoms with van der Waals surface area (Å²) in [5, 5.41) is 3.39. The van der Waals surface area contributed by atoms with Crippen LogP contribution in [0, 0.1) is 0 Å². The van der Waals surface area contributed by atoms with E-state index in [9.17, 15) is 0 Å². The van der Waals surface area contributed by atoms with Gasteiger partial charge in [0.25, 0.3) is 0 Å². The summed E-state index contributed by atoms with van der Waals surface area (Å²) in [6.07, 6.45) is 0. The molecule has 0 aromatic carbocycles. The zero-order chi connectivity index (χ0) is 10.3. The molecule has 0 fully saturated rings. The van der Waals surface area contributed by atoms with Gasteiger partial charge in [0.1, 0.15) is 0 Å². The van der Waals surface area contributed by atoms with Crippen LogP contribution >= 0.6 is 15.9 Å². The topological polar surface area (TPSA) is 15.3 Å². The first-order valence-electron chi connectivity index (χ1n) is 4.89. The summed E-state index contributed by atoms with van der Waals surface area (Å²) in [4.78, 5) is 2.41. The van der Waals surface area contributed by atoms with E-state index in [1.807, 2.05) is 0 Å². The maximum Gasteiger partial charge on any atom is 0.0268 e. The summed E-state index contributed by atoms with van der Waals surface area (Å²) in [5.41, 5.74) is 0. The maximum atomic E-state index is 3.79. The highest BCUT2D eigenvalue weighted by atomic mass is 79.9. The monoisotopic (exact) mass is 248 g/mol. The lowest BCUT2D eigenvalue weighted by atomic mass is 10.3. The van der Waals surface area contributed by atoms with E-state index in [2.05, 4.69) is 53.5 Å². The van der Waals surface area contributed by atoms with Crippen molar-refractivity contribution < 1.29 is 0 Å². The summed E-state index contributed by atoms with van der Waals surface area (Å²) in [7, 11) is 0. The maximum absolute atomic E-state index is 3.79. The molecule has 3 heteroatoms. The Bertz CT molecular complexity index is 144. The lowest BCUT2D eigenvalue weighted by molar-refractivity contribution is 0.274. The van der Waals surface area contributed by atoms with Crippen LogP contribution in [0.2, 0.25) is 0 Å².